The topological polar surface area (TPSA) is 46.5 Å². The molecular weight excluding hydrogens is 332 g/mol. The minimum absolute atomic E-state index is 0.0431. The normalized spacial score (nSPS) is 11.0. The summed E-state index contributed by atoms with van der Waals surface area (Å²) in [6.45, 7) is 0. The first kappa shape index (κ1) is 16.1. The van der Waals surface area contributed by atoms with Gasteiger partial charge >= 0.3 is 0 Å². The first-order valence-electron chi connectivity index (χ1n) is 7.01. The molecule has 0 unspecified atom stereocenters. The molecule has 1 aromatic heterocycles. The van der Waals surface area contributed by atoms with Crippen LogP contribution in [0.25, 0.3) is 11.3 Å². The van der Waals surface area contributed by atoms with Crippen molar-refractivity contribution in [1.29, 1.82) is 0 Å². The monoisotopic (exact) mass is 345 g/mol. The Labute approximate surface area is 141 Å². The molecule has 0 aliphatic rings. The van der Waals surface area contributed by atoms with Crippen LogP contribution in [0, 0.1) is 11.6 Å². The molecule has 0 aliphatic heterocycles. The maximum atomic E-state index is 14.0. The summed E-state index contributed by atoms with van der Waals surface area (Å²) in [6, 6.07) is 12.0. The number of hydrogen-bond acceptors (Lipinski definition) is 5. The number of nitrogens with zero attached hydrogens (tertiary/aromatic N) is 2. The average molecular weight is 345 g/mol. The lowest BCUT2D eigenvalue weighted by molar-refractivity contribution is 0.383. The fraction of sp³-hybridized carbons (Fsp3) is 0.0588. The predicted octanol–water partition coefficient (Wildman–Crippen LogP) is 4.54. The summed E-state index contributed by atoms with van der Waals surface area (Å²) in [5.41, 5.74) is 4.19. The van der Waals surface area contributed by atoms with E-state index in [1.165, 1.54) is 24.5 Å². The summed E-state index contributed by atoms with van der Waals surface area (Å²) in [5, 5.41) is 6.25. The number of hydrogen-bond donors (Lipinski definition) is 1. The Morgan fingerprint density at radius 3 is 2.71 bits per heavy atom. The Hall–Kier alpha value is -2.80. The van der Waals surface area contributed by atoms with Crippen LogP contribution in [0.3, 0.4) is 0 Å². The largest absolute Gasteiger partial charge is 0.494 e. The third-order valence-electron chi connectivity index (χ3n) is 3.24. The zero-order valence-electron chi connectivity index (χ0n) is 12.7. The van der Waals surface area contributed by atoms with Crippen molar-refractivity contribution in [3.05, 3.63) is 65.0 Å². The van der Waals surface area contributed by atoms with Gasteiger partial charge in [-0.25, -0.2) is 13.8 Å². The molecule has 0 radical (unpaired) electrons. The molecule has 0 fully saturated rings. The third-order valence-corrected chi connectivity index (χ3v) is 3.99. The number of aromatic nitrogens is 1. The SMILES string of the molecule is COc1ccc(F)c(C=NNc2nc(-c3ccccc3)cs2)c1F. The van der Waals surface area contributed by atoms with E-state index in [1.54, 1.807) is 0 Å². The van der Waals surface area contributed by atoms with E-state index in [-0.39, 0.29) is 11.3 Å². The summed E-state index contributed by atoms with van der Waals surface area (Å²) in [7, 11) is 1.32. The molecule has 0 atom stereocenters. The van der Waals surface area contributed by atoms with Gasteiger partial charge in [0, 0.05) is 10.9 Å². The number of methoxy groups -OCH3 is 1. The van der Waals surface area contributed by atoms with Crippen LogP contribution in [0.1, 0.15) is 5.56 Å². The van der Waals surface area contributed by atoms with Gasteiger partial charge in [0.15, 0.2) is 11.6 Å². The Morgan fingerprint density at radius 2 is 1.96 bits per heavy atom. The molecule has 0 bridgehead atoms. The van der Waals surface area contributed by atoms with Crippen molar-refractivity contribution in [3.63, 3.8) is 0 Å². The van der Waals surface area contributed by atoms with Crippen molar-refractivity contribution >= 4 is 22.7 Å². The number of thiazole rings is 1. The fourth-order valence-corrected chi connectivity index (χ4v) is 2.71. The lowest BCUT2D eigenvalue weighted by atomic mass is 10.2. The molecule has 4 nitrogen and oxygen atoms in total. The van der Waals surface area contributed by atoms with Crippen molar-refractivity contribution in [1.82, 2.24) is 4.98 Å². The molecule has 0 spiro atoms. The summed E-state index contributed by atoms with van der Waals surface area (Å²) in [5.74, 6) is -1.56. The van der Waals surface area contributed by atoms with Gasteiger partial charge in [-0.1, -0.05) is 30.3 Å². The molecular formula is C17H13F2N3OS. The number of rotatable bonds is 5. The predicted molar refractivity (Wildman–Crippen MR) is 91.7 cm³/mol. The highest BCUT2D eigenvalue weighted by Crippen LogP contribution is 2.25. The van der Waals surface area contributed by atoms with Gasteiger partial charge in [-0.2, -0.15) is 5.10 Å². The number of anilines is 1. The lowest BCUT2D eigenvalue weighted by Crippen LogP contribution is -1.99. The minimum atomic E-state index is -0.799. The van der Waals surface area contributed by atoms with E-state index in [0.717, 1.165) is 23.5 Å². The summed E-state index contributed by atoms with van der Waals surface area (Å²) < 4.78 is 32.5. The average Bonchev–Trinajstić information content (AvgIpc) is 3.08. The minimum Gasteiger partial charge on any atom is -0.494 e. The highest BCUT2D eigenvalue weighted by Gasteiger charge is 2.12. The molecule has 2 aromatic carbocycles. The first-order chi connectivity index (χ1) is 11.7. The Morgan fingerprint density at radius 1 is 1.17 bits per heavy atom. The Kier molecular flexibility index (Phi) is 4.81. The van der Waals surface area contributed by atoms with Crippen molar-refractivity contribution < 1.29 is 13.5 Å². The molecule has 7 heteroatoms. The van der Waals surface area contributed by atoms with Crippen LogP contribution in [0.2, 0.25) is 0 Å². The molecule has 0 saturated heterocycles. The van der Waals surface area contributed by atoms with E-state index in [9.17, 15) is 8.78 Å². The lowest BCUT2D eigenvalue weighted by Gasteiger charge is -2.04. The van der Waals surface area contributed by atoms with Gasteiger partial charge in [0.05, 0.1) is 24.6 Å². The number of benzene rings is 2. The van der Waals surface area contributed by atoms with Gasteiger partial charge < -0.3 is 4.74 Å². The second kappa shape index (κ2) is 7.18. The van der Waals surface area contributed by atoms with Crippen molar-refractivity contribution in [2.24, 2.45) is 5.10 Å². The van der Waals surface area contributed by atoms with Gasteiger partial charge in [0.2, 0.25) is 5.13 Å². The Balaban J connectivity index is 1.75. The van der Waals surface area contributed by atoms with Crippen LogP contribution in [-0.4, -0.2) is 18.3 Å². The van der Waals surface area contributed by atoms with E-state index in [2.05, 4.69) is 15.5 Å². The van der Waals surface area contributed by atoms with Crippen LogP contribution in [-0.2, 0) is 0 Å². The second-order valence-electron chi connectivity index (χ2n) is 4.75. The molecule has 0 saturated carbocycles. The summed E-state index contributed by atoms with van der Waals surface area (Å²) >= 11 is 1.35. The van der Waals surface area contributed by atoms with E-state index < -0.39 is 11.6 Å². The molecule has 3 aromatic rings. The third kappa shape index (κ3) is 3.41. The first-order valence-corrected chi connectivity index (χ1v) is 7.89. The van der Waals surface area contributed by atoms with Gasteiger partial charge in [0.25, 0.3) is 0 Å². The van der Waals surface area contributed by atoms with Crippen LogP contribution in [0.4, 0.5) is 13.9 Å². The molecule has 3 rings (SSSR count). The highest BCUT2D eigenvalue weighted by molar-refractivity contribution is 7.14. The van der Waals surface area contributed by atoms with Gasteiger partial charge in [-0.05, 0) is 12.1 Å². The van der Waals surface area contributed by atoms with Gasteiger partial charge in [-0.3, -0.25) is 5.43 Å². The highest BCUT2D eigenvalue weighted by atomic mass is 32.1. The molecule has 24 heavy (non-hydrogen) atoms. The van der Waals surface area contributed by atoms with Crippen molar-refractivity contribution in [2.75, 3.05) is 12.5 Å². The molecule has 122 valence electrons. The zero-order valence-corrected chi connectivity index (χ0v) is 13.5. The summed E-state index contributed by atoms with van der Waals surface area (Å²) in [6.07, 6.45) is 1.07. The van der Waals surface area contributed by atoms with E-state index in [4.69, 9.17) is 4.74 Å². The van der Waals surface area contributed by atoms with Crippen LogP contribution in [0.5, 0.6) is 5.75 Å². The van der Waals surface area contributed by atoms with Gasteiger partial charge in [0.1, 0.15) is 5.82 Å². The van der Waals surface area contributed by atoms with Crippen LogP contribution >= 0.6 is 11.3 Å². The van der Waals surface area contributed by atoms with Crippen LogP contribution in [0.15, 0.2) is 52.9 Å². The summed E-state index contributed by atoms with van der Waals surface area (Å²) in [4.78, 5) is 4.37. The molecule has 1 heterocycles. The molecule has 1 N–H and O–H groups in total. The Bertz CT molecular complexity index is 866. The number of halogens is 2. The van der Waals surface area contributed by atoms with Crippen molar-refractivity contribution in [3.8, 4) is 17.0 Å². The maximum absolute atomic E-state index is 14.0. The zero-order chi connectivity index (χ0) is 16.9. The van der Waals surface area contributed by atoms with Crippen molar-refractivity contribution in [2.45, 2.75) is 0 Å². The van der Waals surface area contributed by atoms with E-state index in [0.29, 0.717) is 5.13 Å². The number of hydrazone groups is 1. The molecule has 0 aliphatic carbocycles. The standard InChI is InChI=1S/C17H13F2N3OS/c1-23-15-8-7-13(18)12(16(15)19)9-20-22-17-21-14(10-24-17)11-5-3-2-4-6-11/h2-10H,1H3,(H,21,22). The maximum Gasteiger partial charge on any atom is 0.203 e. The van der Waals surface area contributed by atoms with E-state index >= 15 is 0 Å². The molecule has 0 amide bonds. The number of ether oxygens (including phenoxy) is 1. The smallest absolute Gasteiger partial charge is 0.203 e. The van der Waals surface area contributed by atoms with Gasteiger partial charge in [-0.15, -0.1) is 11.3 Å². The fourth-order valence-electron chi connectivity index (χ4n) is 2.04. The second-order valence-corrected chi connectivity index (χ2v) is 5.61. The van der Waals surface area contributed by atoms with Crippen LogP contribution < -0.4 is 10.2 Å². The quantitative estimate of drug-likeness (QED) is 0.545. The number of nitrogens with one attached hydrogen (secondary N) is 1. The van der Waals surface area contributed by atoms with E-state index in [1.807, 2.05) is 35.7 Å².